The van der Waals surface area contributed by atoms with Gasteiger partial charge in [0.05, 0.1) is 44.1 Å². The van der Waals surface area contributed by atoms with Gasteiger partial charge in [0.2, 0.25) is 0 Å². The standard InChI is InChI=1S/C74H46N8/c1-3-25-47(26-4-1)70-75-71(48-27-5-2-6-28-48)77-72(76-70)58-38-8-7-37-57(58)67-68(79-59-39-17-9-29-49(59)50-30-10-18-40-60(50)79)73(81-63-43-21-13-33-53(63)54-34-14-22-44-64(54)81)78-74(82-65-45-23-15-35-55(65)56-36-16-24-46-66(56)82)69(67)80-61-41-19-11-31-51(61)52-32-12-20-42-62(52)80/h1-46H. The van der Waals surface area contributed by atoms with Crippen molar-refractivity contribution < 1.29 is 0 Å². The molecule has 11 aromatic carbocycles. The van der Waals surface area contributed by atoms with E-state index in [0.717, 1.165) is 138 Å². The Labute approximate surface area is 470 Å². The predicted octanol–water partition coefficient (Wildman–Crippen LogP) is 18.3. The zero-order valence-electron chi connectivity index (χ0n) is 44.1. The van der Waals surface area contributed by atoms with Crippen LogP contribution < -0.4 is 0 Å². The number of hydrogen-bond acceptors (Lipinski definition) is 4. The maximum absolute atomic E-state index is 6.44. The molecule has 6 heterocycles. The molecule has 0 bridgehead atoms. The first-order chi connectivity index (χ1) is 40.7. The number of pyridine rings is 1. The Bertz CT molecular complexity index is 4890. The Morgan fingerprint density at radius 2 is 0.439 bits per heavy atom. The van der Waals surface area contributed by atoms with Crippen LogP contribution in [0.3, 0.4) is 0 Å². The van der Waals surface area contributed by atoms with Gasteiger partial charge in [-0.2, -0.15) is 0 Å². The van der Waals surface area contributed by atoms with Gasteiger partial charge < -0.3 is 9.13 Å². The molecule has 6 aromatic heterocycles. The third-order valence-electron chi connectivity index (χ3n) is 16.4. The lowest BCUT2D eigenvalue weighted by Gasteiger charge is -2.27. The van der Waals surface area contributed by atoms with Crippen molar-refractivity contribution in [1.82, 2.24) is 38.2 Å². The van der Waals surface area contributed by atoms with Gasteiger partial charge in [-0.3, -0.25) is 9.13 Å². The summed E-state index contributed by atoms with van der Waals surface area (Å²) >= 11 is 0. The predicted molar refractivity (Wildman–Crippen MR) is 337 cm³/mol. The number of fused-ring (bicyclic) bond motifs is 12. The van der Waals surface area contributed by atoms with Gasteiger partial charge >= 0.3 is 0 Å². The van der Waals surface area contributed by atoms with E-state index < -0.39 is 0 Å². The minimum atomic E-state index is 0.540. The smallest absolute Gasteiger partial charge is 0.165 e. The summed E-state index contributed by atoms with van der Waals surface area (Å²) in [4.78, 5) is 22.7. The zero-order chi connectivity index (χ0) is 53.8. The van der Waals surface area contributed by atoms with Gasteiger partial charge in [-0.1, -0.05) is 231 Å². The summed E-state index contributed by atoms with van der Waals surface area (Å²) in [6.07, 6.45) is 0. The lowest BCUT2D eigenvalue weighted by atomic mass is 9.95. The molecule has 0 saturated heterocycles. The van der Waals surface area contributed by atoms with Gasteiger partial charge in [0, 0.05) is 65.3 Å². The van der Waals surface area contributed by atoms with Gasteiger partial charge in [-0.15, -0.1) is 0 Å². The molecule has 0 aliphatic rings. The summed E-state index contributed by atoms with van der Waals surface area (Å²) < 4.78 is 9.78. The second-order valence-electron chi connectivity index (χ2n) is 20.9. The lowest BCUT2D eigenvalue weighted by Crippen LogP contribution is -2.16. The Morgan fingerprint density at radius 1 is 0.195 bits per heavy atom. The van der Waals surface area contributed by atoms with Crippen molar-refractivity contribution in [2.75, 3.05) is 0 Å². The van der Waals surface area contributed by atoms with Crippen LogP contribution in [0.2, 0.25) is 0 Å². The largest absolute Gasteiger partial charge is 0.305 e. The van der Waals surface area contributed by atoms with Gasteiger partial charge in [0.25, 0.3) is 0 Å². The SMILES string of the molecule is c1ccc(-c2nc(-c3ccccc3)nc(-c3ccccc3-c3c(-n4c5ccccc5c5ccccc54)c(-n4c5ccccc5c5ccccc54)nc(-n4c5ccccc5c5ccccc54)c3-n3c4ccccc4c4ccccc43)n2)cc1. The van der Waals surface area contributed by atoms with E-state index in [2.05, 4.69) is 261 Å². The minimum absolute atomic E-state index is 0.540. The fourth-order valence-corrected chi connectivity index (χ4v) is 13.0. The molecule has 82 heavy (non-hydrogen) atoms. The lowest BCUT2D eigenvalue weighted by molar-refractivity contribution is 0.961. The second kappa shape index (κ2) is 18.2. The van der Waals surface area contributed by atoms with Crippen LogP contribution in [0.1, 0.15) is 0 Å². The molecular weight excluding hydrogens is 1000 g/mol. The summed E-state index contributed by atoms with van der Waals surface area (Å²) in [5.74, 6) is 3.20. The monoisotopic (exact) mass is 1050 g/mol. The van der Waals surface area contributed by atoms with E-state index in [-0.39, 0.29) is 0 Å². The van der Waals surface area contributed by atoms with Crippen molar-refractivity contribution in [3.63, 3.8) is 0 Å². The number of hydrogen-bond donors (Lipinski definition) is 0. The van der Waals surface area contributed by atoms with E-state index in [1.54, 1.807) is 0 Å². The van der Waals surface area contributed by atoms with Crippen LogP contribution in [0.5, 0.6) is 0 Å². The quantitative estimate of drug-likeness (QED) is 0.152. The number of aromatic nitrogens is 8. The fraction of sp³-hybridized carbons (Fsp3) is 0. The van der Waals surface area contributed by atoms with Crippen molar-refractivity contribution in [3.05, 3.63) is 279 Å². The van der Waals surface area contributed by atoms with Crippen LogP contribution in [-0.4, -0.2) is 38.2 Å². The van der Waals surface area contributed by atoms with Crippen molar-refractivity contribution in [3.8, 4) is 68.3 Å². The third kappa shape index (κ3) is 6.79. The van der Waals surface area contributed by atoms with E-state index >= 15 is 0 Å². The molecule has 17 rings (SSSR count). The number of rotatable bonds is 8. The number of nitrogens with zero attached hydrogens (tertiary/aromatic N) is 8. The molecular formula is C74H46N8. The first-order valence-electron chi connectivity index (χ1n) is 27.7. The molecule has 0 fully saturated rings. The third-order valence-corrected chi connectivity index (χ3v) is 16.4. The van der Waals surface area contributed by atoms with Crippen LogP contribution in [0.15, 0.2) is 279 Å². The van der Waals surface area contributed by atoms with Crippen molar-refractivity contribution in [1.29, 1.82) is 0 Å². The summed E-state index contributed by atoms with van der Waals surface area (Å²) in [7, 11) is 0. The van der Waals surface area contributed by atoms with Crippen molar-refractivity contribution in [2.24, 2.45) is 0 Å². The zero-order valence-corrected chi connectivity index (χ0v) is 44.1. The van der Waals surface area contributed by atoms with Crippen LogP contribution in [0.25, 0.3) is 156 Å². The molecule has 0 spiro atoms. The first kappa shape index (κ1) is 45.8. The van der Waals surface area contributed by atoms with Gasteiger partial charge in [-0.25, -0.2) is 19.9 Å². The molecule has 0 N–H and O–H groups in total. The van der Waals surface area contributed by atoms with E-state index in [4.69, 9.17) is 19.9 Å². The molecule has 8 nitrogen and oxygen atoms in total. The molecule has 0 aliphatic heterocycles. The van der Waals surface area contributed by atoms with E-state index in [0.29, 0.717) is 17.5 Å². The highest BCUT2D eigenvalue weighted by molar-refractivity contribution is 6.16. The van der Waals surface area contributed by atoms with Gasteiger partial charge in [0.1, 0.15) is 11.4 Å². The molecule has 0 radical (unpaired) electrons. The maximum atomic E-state index is 6.44. The Kier molecular flexibility index (Phi) is 10.1. The van der Waals surface area contributed by atoms with Crippen LogP contribution in [0.4, 0.5) is 0 Å². The average Bonchev–Trinajstić information content (AvgIpc) is 1.80. The highest BCUT2D eigenvalue weighted by atomic mass is 15.2. The highest BCUT2D eigenvalue weighted by Crippen LogP contribution is 2.50. The summed E-state index contributed by atoms with van der Waals surface area (Å²) in [5, 5.41) is 9.05. The summed E-state index contributed by atoms with van der Waals surface area (Å²) in [6.45, 7) is 0. The Hall–Kier alpha value is -11.2. The molecule has 0 amide bonds. The van der Waals surface area contributed by atoms with Crippen LogP contribution >= 0.6 is 0 Å². The summed E-state index contributed by atoms with van der Waals surface area (Å²) in [6, 6.07) is 99.4. The van der Waals surface area contributed by atoms with Gasteiger partial charge in [-0.05, 0) is 54.1 Å². The van der Waals surface area contributed by atoms with Crippen molar-refractivity contribution >= 4 is 87.2 Å². The topological polar surface area (TPSA) is 71.3 Å². The Balaban J connectivity index is 1.17. The van der Waals surface area contributed by atoms with Gasteiger partial charge in [0.15, 0.2) is 29.1 Å². The number of benzene rings is 11. The van der Waals surface area contributed by atoms with Crippen molar-refractivity contribution in [2.45, 2.75) is 0 Å². The Morgan fingerprint density at radius 3 is 0.756 bits per heavy atom. The minimum Gasteiger partial charge on any atom is -0.305 e. The molecule has 0 saturated carbocycles. The normalized spacial score (nSPS) is 11.9. The fourth-order valence-electron chi connectivity index (χ4n) is 13.0. The second-order valence-corrected chi connectivity index (χ2v) is 20.9. The van der Waals surface area contributed by atoms with Crippen LogP contribution in [-0.2, 0) is 0 Å². The molecule has 17 aromatic rings. The first-order valence-corrected chi connectivity index (χ1v) is 27.7. The number of para-hydroxylation sites is 8. The molecule has 382 valence electrons. The molecule has 8 heteroatoms. The van der Waals surface area contributed by atoms with E-state index in [1.165, 1.54) is 0 Å². The van der Waals surface area contributed by atoms with E-state index in [1.807, 2.05) is 36.4 Å². The highest BCUT2D eigenvalue weighted by Gasteiger charge is 2.34. The molecule has 0 unspecified atom stereocenters. The maximum Gasteiger partial charge on any atom is 0.165 e. The molecule has 0 atom stereocenters. The molecule has 0 aliphatic carbocycles. The van der Waals surface area contributed by atoms with E-state index in [9.17, 15) is 0 Å². The average molecular weight is 1050 g/mol. The van der Waals surface area contributed by atoms with Crippen LogP contribution in [0, 0.1) is 0 Å². The summed E-state index contributed by atoms with van der Waals surface area (Å²) in [5.41, 5.74) is 14.5.